The quantitative estimate of drug-likeness (QED) is 0.841. The van der Waals surface area contributed by atoms with Gasteiger partial charge in [-0.25, -0.2) is 4.39 Å². The van der Waals surface area contributed by atoms with Crippen LogP contribution in [0.3, 0.4) is 0 Å². The molecule has 0 aromatic heterocycles. The third-order valence-corrected chi connectivity index (χ3v) is 4.31. The Bertz CT molecular complexity index is 659. The van der Waals surface area contributed by atoms with Crippen LogP contribution in [0, 0.1) is 26.6 Å². The van der Waals surface area contributed by atoms with Gasteiger partial charge in [0.25, 0.3) is 5.91 Å². The first-order valence-electron chi connectivity index (χ1n) is 6.22. The smallest absolute Gasteiger partial charge is 0.258 e. The maximum atomic E-state index is 13.8. The molecule has 0 saturated carbocycles. The number of amides is 1. The number of hydrogen-bond donors (Lipinski definition) is 1. The van der Waals surface area contributed by atoms with Crippen molar-refractivity contribution in [2.45, 2.75) is 20.8 Å². The van der Waals surface area contributed by atoms with E-state index in [1.54, 1.807) is 13.0 Å². The Labute approximate surface area is 126 Å². The van der Waals surface area contributed by atoms with Gasteiger partial charge in [-0.1, -0.05) is 22.0 Å². The summed E-state index contributed by atoms with van der Waals surface area (Å²) < 4.78 is 14.8. The first kappa shape index (κ1) is 14.7. The number of aryl methyl sites for hydroxylation is 3. The van der Waals surface area contributed by atoms with Crippen molar-refractivity contribution in [1.82, 2.24) is 0 Å². The van der Waals surface area contributed by atoms with Gasteiger partial charge in [-0.2, -0.15) is 0 Å². The summed E-state index contributed by atoms with van der Waals surface area (Å²) in [6, 6.07) is 8.27. The molecule has 2 rings (SSSR count). The van der Waals surface area contributed by atoms with Gasteiger partial charge in [0, 0.05) is 10.2 Å². The van der Waals surface area contributed by atoms with E-state index in [0.29, 0.717) is 5.69 Å². The lowest BCUT2D eigenvalue weighted by Crippen LogP contribution is -2.14. The predicted octanol–water partition coefficient (Wildman–Crippen LogP) is 4.77. The Kier molecular flexibility index (Phi) is 4.23. The number of rotatable bonds is 2. The average molecular weight is 336 g/mol. The zero-order chi connectivity index (χ0) is 14.9. The van der Waals surface area contributed by atoms with Crippen LogP contribution >= 0.6 is 15.9 Å². The van der Waals surface area contributed by atoms with Crippen molar-refractivity contribution in [3.8, 4) is 0 Å². The maximum Gasteiger partial charge on any atom is 0.258 e. The fourth-order valence-corrected chi connectivity index (χ4v) is 2.25. The minimum absolute atomic E-state index is 0.0498. The molecule has 2 aromatic rings. The summed E-state index contributed by atoms with van der Waals surface area (Å²) in [5.74, 6) is -0.948. The van der Waals surface area contributed by atoms with Gasteiger partial charge in [-0.05, 0) is 61.7 Å². The highest BCUT2D eigenvalue weighted by molar-refractivity contribution is 9.10. The number of hydrogen-bond acceptors (Lipinski definition) is 1. The summed E-state index contributed by atoms with van der Waals surface area (Å²) in [5, 5.41) is 2.73. The highest BCUT2D eigenvalue weighted by Crippen LogP contribution is 2.25. The van der Waals surface area contributed by atoms with Gasteiger partial charge in [-0.15, -0.1) is 0 Å². The van der Waals surface area contributed by atoms with Crippen LogP contribution in [0.1, 0.15) is 27.0 Å². The zero-order valence-electron chi connectivity index (χ0n) is 11.6. The average Bonchev–Trinajstić information content (AvgIpc) is 2.35. The van der Waals surface area contributed by atoms with Gasteiger partial charge in [0.2, 0.25) is 0 Å². The van der Waals surface area contributed by atoms with Crippen LogP contribution < -0.4 is 5.32 Å². The molecule has 0 spiro atoms. The lowest BCUT2D eigenvalue weighted by Gasteiger charge is -2.10. The van der Waals surface area contributed by atoms with Crippen LogP contribution in [-0.4, -0.2) is 5.91 Å². The summed E-state index contributed by atoms with van der Waals surface area (Å²) >= 11 is 3.47. The van der Waals surface area contributed by atoms with Gasteiger partial charge in [0.05, 0.1) is 5.56 Å². The second-order valence-electron chi connectivity index (χ2n) is 4.86. The van der Waals surface area contributed by atoms with E-state index >= 15 is 0 Å². The Hall–Kier alpha value is -1.68. The van der Waals surface area contributed by atoms with Crippen molar-refractivity contribution in [2.24, 2.45) is 0 Å². The van der Waals surface area contributed by atoms with E-state index in [1.165, 1.54) is 12.1 Å². The van der Waals surface area contributed by atoms with Gasteiger partial charge in [-0.3, -0.25) is 4.79 Å². The third kappa shape index (κ3) is 3.07. The molecule has 20 heavy (non-hydrogen) atoms. The first-order chi connectivity index (χ1) is 9.38. The fourth-order valence-electron chi connectivity index (χ4n) is 2.02. The third-order valence-electron chi connectivity index (χ3n) is 3.06. The maximum absolute atomic E-state index is 13.8. The Balaban J connectivity index is 2.28. The Morgan fingerprint density at radius 2 is 1.70 bits per heavy atom. The molecule has 0 saturated heterocycles. The van der Waals surface area contributed by atoms with Crippen molar-refractivity contribution in [3.63, 3.8) is 0 Å². The fraction of sp³-hybridized carbons (Fsp3) is 0.188. The van der Waals surface area contributed by atoms with Crippen molar-refractivity contribution < 1.29 is 9.18 Å². The molecule has 0 radical (unpaired) electrons. The molecule has 2 nitrogen and oxygen atoms in total. The number of carbonyl (C=O) groups is 1. The molecule has 2 aromatic carbocycles. The molecule has 1 N–H and O–H groups in total. The molecule has 1 amide bonds. The molecule has 0 heterocycles. The van der Waals surface area contributed by atoms with E-state index in [9.17, 15) is 9.18 Å². The van der Waals surface area contributed by atoms with Crippen molar-refractivity contribution in [3.05, 3.63) is 62.9 Å². The standard InChI is InChI=1S/C16H15BrFNO/c1-9-4-5-13(14(18)6-9)16(20)19-12-7-10(2)15(17)11(3)8-12/h4-8H,1-3H3,(H,19,20). The topological polar surface area (TPSA) is 29.1 Å². The summed E-state index contributed by atoms with van der Waals surface area (Å²) in [6.07, 6.45) is 0. The molecule has 0 unspecified atom stereocenters. The molecule has 4 heteroatoms. The number of benzene rings is 2. The summed E-state index contributed by atoms with van der Waals surface area (Å²) in [5.41, 5.74) is 3.53. The molecular formula is C16H15BrFNO. The number of halogens is 2. The minimum Gasteiger partial charge on any atom is -0.322 e. The summed E-state index contributed by atoms with van der Waals surface area (Å²) in [6.45, 7) is 5.67. The van der Waals surface area contributed by atoms with E-state index in [4.69, 9.17) is 0 Å². The van der Waals surface area contributed by atoms with Crippen LogP contribution in [0.2, 0.25) is 0 Å². The van der Waals surface area contributed by atoms with Crippen LogP contribution in [0.25, 0.3) is 0 Å². The van der Waals surface area contributed by atoms with E-state index in [0.717, 1.165) is 21.2 Å². The van der Waals surface area contributed by atoms with Crippen LogP contribution in [0.5, 0.6) is 0 Å². The molecular weight excluding hydrogens is 321 g/mol. The monoisotopic (exact) mass is 335 g/mol. The largest absolute Gasteiger partial charge is 0.322 e. The summed E-state index contributed by atoms with van der Waals surface area (Å²) in [4.78, 5) is 12.1. The lowest BCUT2D eigenvalue weighted by atomic mass is 10.1. The van der Waals surface area contributed by atoms with Crippen molar-refractivity contribution in [1.29, 1.82) is 0 Å². The van der Waals surface area contributed by atoms with Crippen LogP contribution in [-0.2, 0) is 0 Å². The summed E-state index contributed by atoms with van der Waals surface area (Å²) in [7, 11) is 0. The highest BCUT2D eigenvalue weighted by atomic mass is 79.9. The van der Waals surface area contributed by atoms with E-state index in [1.807, 2.05) is 26.0 Å². The SMILES string of the molecule is Cc1ccc(C(=O)Nc2cc(C)c(Br)c(C)c2)c(F)c1. The molecule has 0 fully saturated rings. The molecule has 0 aliphatic heterocycles. The Morgan fingerprint density at radius 3 is 2.25 bits per heavy atom. The zero-order valence-corrected chi connectivity index (χ0v) is 13.1. The van der Waals surface area contributed by atoms with Gasteiger partial charge in [0.15, 0.2) is 0 Å². The van der Waals surface area contributed by atoms with Crippen LogP contribution in [0.4, 0.5) is 10.1 Å². The van der Waals surface area contributed by atoms with Crippen LogP contribution in [0.15, 0.2) is 34.8 Å². The van der Waals surface area contributed by atoms with Crippen molar-refractivity contribution in [2.75, 3.05) is 5.32 Å². The second kappa shape index (κ2) is 5.75. The van der Waals surface area contributed by atoms with Gasteiger partial charge < -0.3 is 5.32 Å². The predicted molar refractivity (Wildman–Crippen MR) is 82.7 cm³/mol. The molecule has 104 valence electrons. The molecule has 0 aliphatic carbocycles. The molecule has 0 aliphatic rings. The number of carbonyl (C=O) groups excluding carboxylic acids is 1. The first-order valence-corrected chi connectivity index (χ1v) is 7.02. The van der Waals surface area contributed by atoms with E-state index < -0.39 is 11.7 Å². The number of anilines is 1. The normalized spacial score (nSPS) is 10.4. The van der Waals surface area contributed by atoms with Gasteiger partial charge in [0.1, 0.15) is 5.82 Å². The van der Waals surface area contributed by atoms with Gasteiger partial charge >= 0.3 is 0 Å². The van der Waals surface area contributed by atoms with E-state index in [2.05, 4.69) is 21.2 Å². The minimum atomic E-state index is -0.506. The second-order valence-corrected chi connectivity index (χ2v) is 5.65. The molecule has 0 atom stereocenters. The van der Waals surface area contributed by atoms with Crippen molar-refractivity contribution >= 4 is 27.5 Å². The number of nitrogens with one attached hydrogen (secondary N) is 1. The molecule has 0 bridgehead atoms. The highest BCUT2D eigenvalue weighted by Gasteiger charge is 2.12. The Morgan fingerprint density at radius 1 is 1.10 bits per heavy atom. The van der Waals surface area contributed by atoms with E-state index in [-0.39, 0.29) is 5.56 Å². The lowest BCUT2D eigenvalue weighted by molar-refractivity contribution is 0.102.